The quantitative estimate of drug-likeness (QED) is 0.564. The normalized spacial score (nSPS) is 10.6. The number of carbonyl (C=O) groups excluding carboxylic acids is 2. The minimum absolute atomic E-state index is 0.0832. The molecular weight excluding hydrogens is 292 g/mol. The molecule has 0 aliphatic heterocycles. The summed E-state index contributed by atoms with van der Waals surface area (Å²) in [6, 6.07) is 3.43. The van der Waals surface area contributed by atoms with E-state index in [0.29, 0.717) is 22.8 Å². The Morgan fingerprint density at radius 1 is 1.19 bits per heavy atom. The van der Waals surface area contributed by atoms with E-state index in [-0.39, 0.29) is 30.5 Å². The predicted octanol–water partition coefficient (Wildman–Crippen LogP) is 4.00. The Morgan fingerprint density at radius 3 is 2.38 bits per heavy atom. The van der Waals surface area contributed by atoms with Crippen LogP contribution in [0.25, 0.3) is 0 Å². The Morgan fingerprint density at radius 2 is 1.86 bits per heavy atom. The Bertz CT molecular complexity index is 523. The van der Waals surface area contributed by atoms with Crippen molar-refractivity contribution in [2.45, 2.75) is 39.0 Å². The summed E-state index contributed by atoms with van der Waals surface area (Å²) in [6.45, 7) is 4.03. The molecule has 0 fully saturated rings. The molecule has 0 radical (unpaired) electrons. The van der Waals surface area contributed by atoms with E-state index in [0.717, 1.165) is 5.56 Å². The van der Waals surface area contributed by atoms with Gasteiger partial charge >= 0.3 is 5.97 Å². The maximum atomic E-state index is 12.3. The van der Waals surface area contributed by atoms with Crippen LogP contribution in [0.15, 0.2) is 12.1 Å². The van der Waals surface area contributed by atoms with Gasteiger partial charge in [0.05, 0.1) is 19.8 Å². The number of halogens is 1. The largest absolute Gasteiger partial charge is 0.496 e. The van der Waals surface area contributed by atoms with Crippen LogP contribution in [0.3, 0.4) is 0 Å². The average Bonchev–Trinajstić information content (AvgIpc) is 2.45. The zero-order valence-corrected chi connectivity index (χ0v) is 13.6. The van der Waals surface area contributed by atoms with E-state index in [1.807, 2.05) is 19.9 Å². The third-order valence-corrected chi connectivity index (χ3v) is 3.44. The van der Waals surface area contributed by atoms with Crippen molar-refractivity contribution >= 4 is 23.4 Å². The lowest BCUT2D eigenvalue weighted by Gasteiger charge is -2.16. The van der Waals surface area contributed by atoms with Crippen molar-refractivity contribution in [3.63, 3.8) is 0 Å². The SMILES string of the molecule is COC(=O)CCCC(=O)c1cc(Cl)cc(C(C)C)c1OC. The molecule has 0 saturated carbocycles. The Kier molecular flexibility index (Phi) is 6.69. The molecule has 1 aromatic carbocycles. The molecule has 1 aromatic rings. The summed E-state index contributed by atoms with van der Waals surface area (Å²) in [5.74, 6) is 0.363. The van der Waals surface area contributed by atoms with Gasteiger partial charge in [0.25, 0.3) is 0 Å². The number of carbonyl (C=O) groups is 2. The van der Waals surface area contributed by atoms with Crippen molar-refractivity contribution in [1.82, 2.24) is 0 Å². The van der Waals surface area contributed by atoms with Gasteiger partial charge in [-0.15, -0.1) is 0 Å². The van der Waals surface area contributed by atoms with E-state index < -0.39 is 0 Å². The molecule has 21 heavy (non-hydrogen) atoms. The molecule has 0 N–H and O–H groups in total. The van der Waals surface area contributed by atoms with Crippen LogP contribution < -0.4 is 4.74 Å². The van der Waals surface area contributed by atoms with Crippen molar-refractivity contribution in [2.75, 3.05) is 14.2 Å². The highest BCUT2D eigenvalue weighted by atomic mass is 35.5. The van der Waals surface area contributed by atoms with Crippen LogP contribution in [-0.2, 0) is 9.53 Å². The Balaban J connectivity index is 2.95. The van der Waals surface area contributed by atoms with Crippen molar-refractivity contribution in [3.05, 3.63) is 28.3 Å². The van der Waals surface area contributed by atoms with Gasteiger partial charge in [0.1, 0.15) is 5.75 Å². The Labute approximate surface area is 130 Å². The number of ketones is 1. The van der Waals surface area contributed by atoms with Crippen molar-refractivity contribution in [1.29, 1.82) is 0 Å². The van der Waals surface area contributed by atoms with Gasteiger partial charge in [-0.05, 0) is 30.0 Å². The number of Topliss-reactive ketones (excluding diaryl/α,β-unsaturated/α-hetero) is 1. The molecule has 0 spiro atoms. The van der Waals surface area contributed by atoms with Crippen LogP contribution in [0.4, 0.5) is 0 Å². The number of rotatable bonds is 7. The molecule has 0 aromatic heterocycles. The van der Waals surface area contributed by atoms with Gasteiger partial charge in [0.15, 0.2) is 5.78 Å². The maximum Gasteiger partial charge on any atom is 0.305 e. The van der Waals surface area contributed by atoms with Gasteiger partial charge in [-0.1, -0.05) is 25.4 Å². The molecular formula is C16H21ClO4. The lowest BCUT2D eigenvalue weighted by molar-refractivity contribution is -0.140. The third-order valence-electron chi connectivity index (χ3n) is 3.22. The number of methoxy groups -OCH3 is 2. The molecule has 0 amide bonds. The number of ether oxygens (including phenoxy) is 2. The molecule has 0 heterocycles. The smallest absolute Gasteiger partial charge is 0.305 e. The minimum atomic E-state index is -0.316. The number of hydrogen-bond acceptors (Lipinski definition) is 4. The summed E-state index contributed by atoms with van der Waals surface area (Å²) in [6.07, 6.45) is 0.920. The highest BCUT2D eigenvalue weighted by Gasteiger charge is 2.19. The monoisotopic (exact) mass is 312 g/mol. The van der Waals surface area contributed by atoms with Crippen molar-refractivity contribution in [3.8, 4) is 5.75 Å². The van der Waals surface area contributed by atoms with Gasteiger partial charge in [-0.3, -0.25) is 9.59 Å². The molecule has 0 aliphatic carbocycles. The van der Waals surface area contributed by atoms with Gasteiger partial charge < -0.3 is 9.47 Å². The maximum absolute atomic E-state index is 12.3. The standard InChI is InChI=1S/C16H21ClO4/c1-10(2)12-8-11(17)9-13(16(12)21-4)14(18)6-5-7-15(19)20-3/h8-10H,5-7H2,1-4H3. The van der Waals surface area contributed by atoms with Crippen molar-refractivity contribution in [2.24, 2.45) is 0 Å². The molecule has 116 valence electrons. The Hall–Kier alpha value is -1.55. The minimum Gasteiger partial charge on any atom is -0.496 e. The highest BCUT2D eigenvalue weighted by molar-refractivity contribution is 6.31. The summed E-state index contributed by atoms with van der Waals surface area (Å²) < 4.78 is 9.95. The fourth-order valence-corrected chi connectivity index (χ4v) is 2.34. The van der Waals surface area contributed by atoms with E-state index in [1.54, 1.807) is 13.2 Å². The summed E-state index contributed by atoms with van der Waals surface area (Å²) in [7, 11) is 2.87. The van der Waals surface area contributed by atoms with Crippen LogP contribution in [0.2, 0.25) is 5.02 Å². The average molecular weight is 313 g/mol. The first-order chi connectivity index (χ1) is 9.90. The molecule has 4 nitrogen and oxygen atoms in total. The molecule has 0 aliphatic rings. The fourth-order valence-electron chi connectivity index (χ4n) is 2.11. The third kappa shape index (κ3) is 4.74. The molecule has 5 heteroatoms. The van der Waals surface area contributed by atoms with E-state index in [2.05, 4.69) is 4.74 Å². The zero-order chi connectivity index (χ0) is 16.0. The topological polar surface area (TPSA) is 52.6 Å². The van der Waals surface area contributed by atoms with Gasteiger partial charge in [0.2, 0.25) is 0 Å². The first kappa shape index (κ1) is 17.5. The lowest BCUT2D eigenvalue weighted by Crippen LogP contribution is -2.07. The molecule has 0 saturated heterocycles. The van der Waals surface area contributed by atoms with Crippen LogP contribution in [0, 0.1) is 0 Å². The first-order valence-corrected chi connectivity index (χ1v) is 7.26. The summed E-state index contributed by atoms with van der Waals surface area (Å²) >= 11 is 6.09. The molecule has 0 bridgehead atoms. The van der Waals surface area contributed by atoms with E-state index in [1.165, 1.54) is 7.11 Å². The number of esters is 1. The fraction of sp³-hybridized carbons (Fsp3) is 0.500. The number of hydrogen-bond donors (Lipinski definition) is 0. The molecule has 0 atom stereocenters. The van der Waals surface area contributed by atoms with E-state index >= 15 is 0 Å². The summed E-state index contributed by atoms with van der Waals surface area (Å²) in [5.41, 5.74) is 1.37. The van der Waals surface area contributed by atoms with Crippen molar-refractivity contribution < 1.29 is 19.1 Å². The second-order valence-electron chi connectivity index (χ2n) is 5.08. The van der Waals surface area contributed by atoms with Crippen LogP contribution >= 0.6 is 11.6 Å². The zero-order valence-electron chi connectivity index (χ0n) is 12.9. The van der Waals surface area contributed by atoms with Gasteiger partial charge in [-0.25, -0.2) is 0 Å². The lowest BCUT2D eigenvalue weighted by atomic mass is 9.95. The molecule has 0 unspecified atom stereocenters. The van der Waals surface area contributed by atoms with Crippen LogP contribution in [0.5, 0.6) is 5.75 Å². The second-order valence-corrected chi connectivity index (χ2v) is 5.52. The number of benzene rings is 1. The first-order valence-electron chi connectivity index (χ1n) is 6.88. The summed E-state index contributed by atoms with van der Waals surface area (Å²) in [4.78, 5) is 23.4. The van der Waals surface area contributed by atoms with E-state index in [4.69, 9.17) is 16.3 Å². The highest BCUT2D eigenvalue weighted by Crippen LogP contribution is 2.34. The summed E-state index contributed by atoms with van der Waals surface area (Å²) in [5, 5.41) is 0.510. The van der Waals surface area contributed by atoms with Gasteiger partial charge in [-0.2, -0.15) is 0 Å². The van der Waals surface area contributed by atoms with Crippen LogP contribution in [-0.4, -0.2) is 26.0 Å². The van der Waals surface area contributed by atoms with E-state index in [9.17, 15) is 9.59 Å². The predicted molar refractivity (Wildman–Crippen MR) is 82.3 cm³/mol. The molecule has 1 rings (SSSR count). The van der Waals surface area contributed by atoms with Gasteiger partial charge in [0, 0.05) is 17.9 Å². The second kappa shape index (κ2) is 8.03. The van der Waals surface area contributed by atoms with Crippen LogP contribution in [0.1, 0.15) is 54.9 Å².